The Morgan fingerprint density at radius 3 is 2.20 bits per heavy atom. The zero-order valence-corrected chi connectivity index (χ0v) is 19.3. The molecule has 2 aromatic rings. The Kier molecular flexibility index (Phi) is 9.00. The van der Waals surface area contributed by atoms with E-state index >= 15 is 0 Å². The van der Waals surface area contributed by atoms with Crippen molar-refractivity contribution in [1.29, 1.82) is 0 Å². The Morgan fingerprint density at radius 2 is 1.67 bits per heavy atom. The normalized spacial score (nSPS) is 11.7. The molecule has 5 nitrogen and oxygen atoms in total. The molecular formula is C23H28Cl2N2O3. The fraction of sp³-hybridized carbons (Fsp3) is 0.391. The van der Waals surface area contributed by atoms with Crippen LogP contribution in [0.4, 0.5) is 0 Å². The van der Waals surface area contributed by atoms with Crippen LogP contribution < -0.4 is 10.1 Å². The first kappa shape index (κ1) is 24.0. The van der Waals surface area contributed by atoms with Gasteiger partial charge in [0.1, 0.15) is 11.8 Å². The summed E-state index contributed by atoms with van der Waals surface area (Å²) in [7, 11) is 0. The van der Waals surface area contributed by atoms with Crippen molar-refractivity contribution in [2.45, 2.75) is 46.7 Å². The fourth-order valence-electron chi connectivity index (χ4n) is 3.31. The van der Waals surface area contributed by atoms with Crippen molar-refractivity contribution in [3.63, 3.8) is 0 Å². The Morgan fingerprint density at radius 1 is 1.07 bits per heavy atom. The minimum atomic E-state index is -0.660. The molecule has 0 aromatic heterocycles. The van der Waals surface area contributed by atoms with Gasteiger partial charge in [-0.05, 0) is 62.6 Å². The highest BCUT2D eigenvalue weighted by molar-refractivity contribution is 6.36. The highest BCUT2D eigenvalue weighted by atomic mass is 35.5. The lowest BCUT2D eigenvalue weighted by Crippen LogP contribution is -2.50. The van der Waals surface area contributed by atoms with E-state index in [-0.39, 0.29) is 25.0 Å². The van der Waals surface area contributed by atoms with Gasteiger partial charge in [0.25, 0.3) is 5.91 Å². The van der Waals surface area contributed by atoms with E-state index < -0.39 is 6.04 Å². The Balaban J connectivity index is 2.28. The molecule has 7 heteroatoms. The zero-order valence-electron chi connectivity index (χ0n) is 17.8. The topological polar surface area (TPSA) is 58.6 Å². The van der Waals surface area contributed by atoms with Crippen LogP contribution in [0.5, 0.6) is 5.75 Å². The molecule has 2 rings (SSSR count). The number of amides is 2. The summed E-state index contributed by atoms with van der Waals surface area (Å²) in [4.78, 5) is 27.3. The summed E-state index contributed by atoms with van der Waals surface area (Å²) in [6.07, 6.45) is 0.448. The van der Waals surface area contributed by atoms with Gasteiger partial charge in [-0.15, -0.1) is 0 Å². The number of carbonyl (C=O) groups is 2. The van der Waals surface area contributed by atoms with Gasteiger partial charge in [-0.2, -0.15) is 0 Å². The van der Waals surface area contributed by atoms with Gasteiger partial charge < -0.3 is 15.0 Å². The lowest BCUT2D eigenvalue weighted by Gasteiger charge is -2.31. The predicted octanol–water partition coefficient (Wildman–Crippen LogP) is 4.93. The first-order valence-corrected chi connectivity index (χ1v) is 10.7. The second-order valence-electron chi connectivity index (χ2n) is 7.15. The molecule has 0 saturated heterocycles. The van der Waals surface area contributed by atoms with Crippen molar-refractivity contribution in [2.75, 3.05) is 13.2 Å². The van der Waals surface area contributed by atoms with Gasteiger partial charge in [0.15, 0.2) is 6.61 Å². The molecule has 0 aliphatic rings. The van der Waals surface area contributed by atoms with Crippen LogP contribution in [0.2, 0.25) is 10.0 Å². The molecule has 0 aliphatic heterocycles. The van der Waals surface area contributed by atoms with Crippen LogP contribution in [-0.2, 0) is 16.1 Å². The van der Waals surface area contributed by atoms with E-state index in [1.165, 1.54) is 4.90 Å². The third-order valence-corrected chi connectivity index (χ3v) is 5.39. The fourth-order valence-corrected chi connectivity index (χ4v) is 3.83. The van der Waals surface area contributed by atoms with E-state index in [0.29, 0.717) is 34.3 Å². The number of halogens is 2. The van der Waals surface area contributed by atoms with Gasteiger partial charge in [-0.25, -0.2) is 0 Å². The lowest BCUT2D eigenvalue weighted by molar-refractivity contribution is -0.142. The van der Waals surface area contributed by atoms with E-state index in [9.17, 15) is 9.59 Å². The van der Waals surface area contributed by atoms with Gasteiger partial charge in [-0.3, -0.25) is 9.59 Å². The molecule has 0 aliphatic carbocycles. The number of ether oxygens (including phenoxy) is 1. The number of likely N-dealkylation sites (N-methyl/N-ethyl adjacent to an activating group) is 1. The quantitative estimate of drug-likeness (QED) is 0.588. The maximum atomic E-state index is 13.2. The molecule has 0 bridgehead atoms. The van der Waals surface area contributed by atoms with E-state index in [4.69, 9.17) is 27.9 Å². The van der Waals surface area contributed by atoms with E-state index in [0.717, 1.165) is 11.1 Å². The molecule has 0 saturated carbocycles. The Labute approximate surface area is 188 Å². The molecule has 2 aromatic carbocycles. The summed E-state index contributed by atoms with van der Waals surface area (Å²) in [5, 5.41) is 3.69. The van der Waals surface area contributed by atoms with Gasteiger partial charge in [0.05, 0.1) is 0 Å². The Hall–Kier alpha value is -2.24. The average molecular weight is 451 g/mol. The maximum Gasteiger partial charge on any atom is 0.261 e. The zero-order chi connectivity index (χ0) is 22.3. The summed E-state index contributed by atoms with van der Waals surface area (Å²) in [5.41, 5.74) is 2.69. The summed E-state index contributed by atoms with van der Waals surface area (Å²) in [5.74, 6) is 0.0776. The van der Waals surface area contributed by atoms with Crippen molar-refractivity contribution in [2.24, 2.45) is 0 Å². The molecule has 0 spiro atoms. The highest BCUT2D eigenvalue weighted by Gasteiger charge is 2.29. The summed E-state index contributed by atoms with van der Waals surface area (Å²) in [6, 6.07) is 10.3. The molecule has 30 heavy (non-hydrogen) atoms. The van der Waals surface area contributed by atoms with E-state index in [1.807, 2.05) is 45.9 Å². The maximum absolute atomic E-state index is 13.2. The smallest absolute Gasteiger partial charge is 0.261 e. The van der Waals surface area contributed by atoms with Crippen LogP contribution in [0.3, 0.4) is 0 Å². The van der Waals surface area contributed by atoms with Crippen molar-refractivity contribution in [1.82, 2.24) is 10.2 Å². The monoisotopic (exact) mass is 450 g/mol. The van der Waals surface area contributed by atoms with E-state index in [2.05, 4.69) is 5.32 Å². The average Bonchev–Trinajstić information content (AvgIpc) is 2.67. The number of benzene rings is 2. The van der Waals surface area contributed by atoms with Crippen LogP contribution >= 0.6 is 23.2 Å². The first-order valence-electron chi connectivity index (χ1n) is 9.97. The lowest BCUT2D eigenvalue weighted by atomic mass is 10.1. The minimum absolute atomic E-state index is 0.114. The van der Waals surface area contributed by atoms with Gasteiger partial charge in [0, 0.05) is 28.7 Å². The van der Waals surface area contributed by atoms with Crippen LogP contribution in [0.25, 0.3) is 0 Å². The SMILES string of the molecule is CCNC(=O)[C@@H](CC)N(Cc1c(Cl)cccc1Cl)C(=O)COc1cc(C)cc(C)c1. The second kappa shape index (κ2) is 11.2. The molecule has 1 N–H and O–H groups in total. The van der Waals surface area contributed by atoms with Crippen molar-refractivity contribution >= 4 is 35.0 Å². The molecule has 2 amide bonds. The largest absolute Gasteiger partial charge is 0.484 e. The van der Waals surface area contributed by atoms with Crippen LogP contribution in [0.15, 0.2) is 36.4 Å². The molecule has 0 radical (unpaired) electrons. The number of rotatable bonds is 9. The third-order valence-electron chi connectivity index (χ3n) is 4.68. The van der Waals surface area contributed by atoms with Crippen LogP contribution in [-0.4, -0.2) is 35.9 Å². The number of nitrogens with one attached hydrogen (secondary N) is 1. The van der Waals surface area contributed by atoms with Crippen molar-refractivity contribution in [3.8, 4) is 5.75 Å². The van der Waals surface area contributed by atoms with Gasteiger partial charge >= 0.3 is 0 Å². The minimum Gasteiger partial charge on any atom is -0.484 e. The second-order valence-corrected chi connectivity index (χ2v) is 7.97. The number of nitrogens with zero attached hydrogens (tertiary/aromatic N) is 1. The first-order chi connectivity index (χ1) is 14.3. The van der Waals surface area contributed by atoms with Gasteiger partial charge in [-0.1, -0.05) is 42.3 Å². The highest BCUT2D eigenvalue weighted by Crippen LogP contribution is 2.27. The number of hydrogen-bond acceptors (Lipinski definition) is 3. The summed E-state index contributed by atoms with van der Waals surface area (Å²) >= 11 is 12.6. The predicted molar refractivity (Wildman–Crippen MR) is 121 cm³/mol. The number of hydrogen-bond donors (Lipinski definition) is 1. The molecule has 0 heterocycles. The molecule has 0 fully saturated rings. The number of carbonyl (C=O) groups excluding carboxylic acids is 2. The van der Waals surface area contributed by atoms with Crippen LogP contribution in [0.1, 0.15) is 37.0 Å². The molecule has 0 unspecified atom stereocenters. The number of aryl methyl sites for hydroxylation is 2. The molecule has 162 valence electrons. The Bertz CT molecular complexity index is 862. The van der Waals surface area contributed by atoms with Crippen LogP contribution in [0, 0.1) is 13.8 Å². The van der Waals surface area contributed by atoms with Crippen molar-refractivity contribution in [3.05, 3.63) is 63.1 Å². The van der Waals surface area contributed by atoms with Crippen molar-refractivity contribution < 1.29 is 14.3 Å². The third kappa shape index (κ3) is 6.38. The summed E-state index contributed by atoms with van der Waals surface area (Å²) in [6.45, 7) is 8.03. The molecular weight excluding hydrogens is 423 g/mol. The molecule has 1 atom stereocenters. The standard InChI is InChI=1S/C23H28Cl2N2O3/c1-5-21(23(29)26-6-2)27(13-18-19(24)8-7-9-20(18)25)22(28)14-30-17-11-15(3)10-16(4)12-17/h7-12,21H,5-6,13-14H2,1-4H3,(H,26,29)/t21-/m1/s1. The van der Waals surface area contributed by atoms with E-state index in [1.54, 1.807) is 18.2 Å². The summed E-state index contributed by atoms with van der Waals surface area (Å²) < 4.78 is 5.75. The van der Waals surface area contributed by atoms with Gasteiger partial charge in [0.2, 0.25) is 5.91 Å².